The minimum absolute atomic E-state index is 0.0536. The Morgan fingerprint density at radius 2 is 1.65 bits per heavy atom. The van der Waals surface area contributed by atoms with Crippen LogP contribution >= 0.6 is 0 Å². The molecule has 0 aromatic rings. The highest BCUT2D eigenvalue weighted by Crippen LogP contribution is 2.69. The number of rotatable bonds is 7. The molecule has 0 radical (unpaired) electrons. The molecule has 0 aromatic carbocycles. The summed E-state index contributed by atoms with van der Waals surface area (Å²) < 4.78 is 6.15. The summed E-state index contributed by atoms with van der Waals surface area (Å²) in [6.07, 6.45) is 21.6. The zero-order valence-corrected chi connectivity index (χ0v) is 22.7. The van der Waals surface area contributed by atoms with Crippen LogP contribution in [0.3, 0.4) is 0 Å². The van der Waals surface area contributed by atoms with Gasteiger partial charge in [0.2, 0.25) is 0 Å². The van der Waals surface area contributed by atoms with Gasteiger partial charge in [0.1, 0.15) is 0 Å². The van der Waals surface area contributed by atoms with Crippen molar-refractivity contribution in [2.45, 2.75) is 135 Å². The van der Waals surface area contributed by atoms with Crippen LogP contribution in [0.25, 0.3) is 0 Å². The number of ether oxygens (including phenoxy) is 1. The molecule has 0 spiro atoms. The van der Waals surface area contributed by atoms with Crippen molar-refractivity contribution in [3.8, 4) is 0 Å². The molecule has 34 heavy (non-hydrogen) atoms. The van der Waals surface area contributed by atoms with Crippen LogP contribution in [0.15, 0.2) is 12.5 Å². The molecule has 194 valence electrons. The Kier molecular flexibility index (Phi) is 7.08. The summed E-state index contributed by atoms with van der Waals surface area (Å²) in [5.74, 6) is 4.75. The van der Waals surface area contributed by atoms with Crippen molar-refractivity contribution in [1.82, 2.24) is 5.32 Å². The molecule has 5 saturated carbocycles. The van der Waals surface area contributed by atoms with Gasteiger partial charge in [0.25, 0.3) is 0 Å². The van der Waals surface area contributed by atoms with Crippen molar-refractivity contribution in [3.05, 3.63) is 12.5 Å². The highest BCUT2D eigenvalue weighted by Gasteiger charge is 2.66. The second-order valence-electron chi connectivity index (χ2n) is 13.8. The molecular weight excluding hydrogens is 416 g/mol. The minimum Gasteiger partial charge on any atom is -0.480 e. The quantitative estimate of drug-likeness (QED) is 0.378. The van der Waals surface area contributed by atoms with Crippen LogP contribution in [-0.2, 0) is 4.74 Å². The summed E-state index contributed by atoms with van der Waals surface area (Å²) in [5, 5.41) is 3.56. The Hall–Kier alpha value is -0.700. The molecule has 3 nitrogen and oxygen atoms in total. The molecule has 8 atom stereocenters. The summed E-state index contributed by atoms with van der Waals surface area (Å²) in [6.45, 7) is 12.7. The molecule has 0 aromatic heterocycles. The average Bonchev–Trinajstić information content (AvgIpc) is 3.16. The summed E-state index contributed by atoms with van der Waals surface area (Å²) in [6, 6.07) is 0.574. The molecule has 5 aliphatic rings. The van der Waals surface area contributed by atoms with Crippen molar-refractivity contribution >= 4 is 0 Å². The van der Waals surface area contributed by atoms with Gasteiger partial charge in [0, 0.05) is 11.6 Å². The van der Waals surface area contributed by atoms with Gasteiger partial charge in [-0.15, -0.1) is 0 Å². The third-order valence-corrected chi connectivity index (χ3v) is 12.3. The van der Waals surface area contributed by atoms with Crippen LogP contribution in [0.2, 0.25) is 0 Å². The predicted molar refractivity (Wildman–Crippen MR) is 142 cm³/mol. The maximum absolute atomic E-state index is 7.68. The molecule has 5 rings (SSSR count). The van der Waals surface area contributed by atoms with Gasteiger partial charge < -0.3 is 15.8 Å². The van der Waals surface area contributed by atoms with Crippen LogP contribution in [0.4, 0.5) is 0 Å². The third kappa shape index (κ3) is 4.14. The van der Waals surface area contributed by atoms with E-state index in [9.17, 15) is 0 Å². The van der Waals surface area contributed by atoms with Gasteiger partial charge in [0.15, 0.2) is 5.88 Å². The maximum Gasteiger partial charge on any atom is 0.179 e. The largest absolute Gasteiger partial charge is 0.480 e. The fraction of sp³-hybridized carbons (Fsp3) is 0.935. The molecule has 0 heterocycles. The topological polar surface area (TPSA) is 47.3 Å². The lowest BCUT2D eigenvalue weighted by Crippen LogP contribution is -2.69. The van der Waals surface area contributed by atoms with Crippen molar-refractivity contribution in [2.75, 3.05) is 6.61 Å². The molecule has 5 aliphatic carbocycles. The smallest absolute Gasteiger partial charge is 0.179 e. The first-order valence-corrected chi connectivity index (χ1v) is 15.2. The van der Waals surface area contributed by atoms with Gasteiger partial charge in [-0.2, -0.15) is 0 Å². The highest BCUT2D eigenvalue weighted by atomic mass is 16.5. The Bertz CT molecular complexity index is 731. The van der Waals surface area contributed by atoms with E-state index in [1.54, 1.807) is 0 Å². The lowest BCUT2D eigenvalue weighted by molar-refractivity contribution is -0.149. The highest BCUT2D eigenvalue weighted by molar-refractivity contribution is 5.19. The second kappa shape index (κ2) is 9.64. The predicted octanol–water partition coefficient (Wildman–Crippen LogP) is 7.55. The van der Waals surface area contributed by atoms with Gasteiger partial charge in [-0.3, -0.25) is 0 Å². The molecular formula is C31H54N2O. The zero-order valence-electron chi connectivity index (χ0n) is 22.7. The van der Waals surface area contributed by atoms with E-state index in [0.29, 0.717) is 22.8 Å². The third-order valence-electron chi connectivity index (χ3n) is 12.3. The van der Waals surface area contributed by atoms with Gasteiger partial charge in [0.05, 0.1) is 6.61 Å². The molecule has 0 bridgehead atoms. The standard InChI is InChI=1S/C31H54N2O/c1-5-23-21-31(32)27-15-14-24(17-20-34-22(2)33-25-11-7-6-8-12-25)29(27,3)19-16-28(31)30(4)18-10-9-13-26(23)30/h23-28,33H,2,5-21,32H2,1,3-4H3/t23-,24?,26-,27?,28?,29+,30-,31+/m0/s1. The second-order valence-corrected chi connectivity index (χ2v) is 13.8. The van der Waals surface area contributed by atoms with Gasteiger partial charge in [-0.1, -0.05) is 59.3 Å². The molecule has 3 N–H and O–H groups in total. The van der Waals surface area contributed by atoms with E-state index in [1.807, 2.05) is 0 Å². The normalized spacial score (nSPS) is 46.8. The first kappa shape index (κ1) is 25.0. The fourth-order valence-corrected chi connectivity index (χ4v) is 10.7. The van der Waals surface area contributed by atoms with Gasteiger partial charge in [-0.05, 0) is 111 Å². The van der Waals surface area contributed by atoms with Crippen molar-refractivity contribution in [2.24, 2.45) is 46.2 Å². The van der Waals surface area contributed by atoms with Gasteiger partial charge >= 0.3 is 0 Å². The first-order chi connectivity index (χ1) is 16.3. The summed E-state index contributed by atoms with van der Waals surface area (Å²) >= 11 is 0. The molecule has 0 amide bonds. The average molecular weight is 471 g/mol. The Labute approximate surface area is 210 Å². The van der Waals surface area contributed by atoms with Crippen LogP contribution in [0.1, 0.15) is 124 Å². The summed E-state index contributed by atoms with van der Waals surface area (Å²) in [4.78, 5) is 0. The first-order valence-electron chi connectivity index (χ1n) is 15.2. The minimum atomic E-state index is 0.0536. The van der Waals surface area contributed by atoms with E-state index in [0.717, 1.165) is 42.6 Å². The Balaban J connectivity index is 1.23. The van der Waals surface area contributed by atoms with Crippen LogP contribution in [0.5, 0.6) is 0 Å². The number of nitrogens with two attached hydrogens (primary N) is 1. The molecule has 0 aliphatic heterocycles. The molecule has 3 unspecified atom stereocenters. The van der Waals surface area contributed by atoms with E-state index in [2.05, 4.69) is 32.7 Å². The van der Waals surface area contributed by atoms with E-state index >= 15 is 0 Å². The lowest BCUT2D eigenvalue weighted by Gasteiger charge is -2.67. The zero-order chi connectivity index (χ0) is 24.0. The maximum atomic E-state index is 7.68. The van der Waals surface area contributed by atoms with Crippen LogP contribution in [0, 0.1) is 40.4 Å². The summed E-state index contributed by atoms with van der Waals surface area (Å²) in [5.41, 5.74) is 8.61. The van der Waals surface area contributed by atoms with E-state index < -0.39 is 0 Å². The van der Waals surface area contributed by atoms with Crippen molar-refractivity contribution in [3.63, 3.8) is 0 Å². The van der Waals surface area contributed by atoms with E-state index in [-0.39, 0.29) is 5.54 Å². The number of nitrogens with one attached hydrogen (secondary N) is 1. The number of hydrogen-bond acceptors (Lipinski definition) is 3. The monoisotopic (exact) mass is 470 g/mol. The SMILES string of the molecule is C=C(NC1CCCCC1)OCCC1CCC2[C@]1(C)CCC1[C@@]2(N)C[C@H](CC)[C@@H]2CCCC[C@]12C. The molecule has 0 saturated heterocycles. The molecule has 5 fully saturated rings. The van der Waals surface area contributed by atoms with E-state index in [1.165, 1.54) is 96.3 Å². The Morgan fingerprint density at radius 1 is 0.912 bits per heavy atom. The van der Waals surface area contributed by atoms with Gasteiger partial charge in [-0.25, -0.2) is 0 Å². The number of fused-ring (bicyclic) bond motifs is 5. The van der Waals surface area contributed by atoms with E-state index in [4.69, 9.17) is 10.5 Å². The number of hydrogen-bond donors (Lipinski definition) is 2. The van der Waals surface area contributed by atoms with Crippen molar-refractivity contribution in [1.29, 1.82) is 0 Å². The molecule has 3 heteroatoms. The summed E-state index contributed by atoms with van der Waals surface area (Å²) in [7, 11) is 0. The van der Waals surface area contributed by atoms with Crippen LogP contribution < -0.4 is 11.1 Å². The Morgan fingerprint density at radius 3 is 2.41 bits per heavy atom. The fourth-order valence-electron chi connectivity index (χ4n) is 10.7. The van der Waals surface area contributed by atoms with Crippen LogP contribution in [-0.4, -0.2) is 18.2 Å². The lowest BCUT2D eigenvalue weighted by atomic mass is 9.40. The van der Waals surface area contributed by atoms with Crippen molar-refractivity contribution < 1.29 is 4.74 Å².